The van der Waals surface area contributed by atoms with Crippen LogP contribution in [0.3, 0.4) is 0 Å². The number of carbonyl (C=O) groups excluding carboxylic acids is 2. The van der Waals surface area contributed by atoms with Gasteiger partial charge in [-0.1, -0.05) is 62.4 Å². The molecule has 0 aliphatic carbocycles. The fourth-order valence-corrected chi connectivity index (χ4v) is 2.29. The number of carbonyl (C=O) groups is 2. The quantitative estimate of drug-likeness (QED) is 0.539. The van der Waals surface area contributed by atoms with E-state index < -0.39 is 11.9 Å². The van der Waals surface area contributed by atoms with E-state index in [-0.39, 0.29) is 19.6 Å². The van der Waals surface area contributed by atoms with E-state index in [0.29, 0.717) is 0 Å². The predicted octanol–water partition coefficient (Wildman–Crippen LogP) is 3.99. The van der Waals surface area contributed by atoms with Crippen molar-refractivity contribution in [2.75, 3.05) is 0 Å². The highest BCUT2D eigenvalue weighted by Gasteiger charge is 2.12. The maximum Gasteiger partial charge on any atom is 0.317 e. The summed E-state index contributed by atoms with van der Waals surface area (Å²) in [5, 5.41) is 0. The first-order chi connectivity index (χ1) is 12.1. The van der Waals surface area contributed by atoms with E-state index in [0.717, 1.165) is 24.0 Å². The van der Waals surface area contributed by atoms with Crippen molar-refractivity contribution in [2.24, 2.45) is 0 Å². The Kier molecular flexibility index (Phi) is 7.20. The molecule has 2 aromatic rings. The minimum atomic E-state index is -0.578. The third kappa shape index (κ3) is 6.42. The Morgan fingerprint density at radius 1 is 0.640 bits per heavy atom. The van der Waals surface area contributed by atoms with E-state index in [4.69, 9.17) is 9.47 Å². The highest BCUT2D eigenvalue weighted by molar-refractivity contribution is 5.91. The fourth-order valence-electron chi connectivity index (χ4n) is 2.29. The molecule has 2 rings (SSSR count). The predicted molar refractivity (Wildman–Crippen MR) is 95.8 cm³/mol. The van der Waals surface area contributed by atoms with Crippen molar-refractivity contribution in [3.8, 4) is 0 Å². The Labute approximate surface area is 148 Å². The van der Waals surface area contributed by atoms with E-state index >= 15 is 0 Å². The standard InChI is InChI=1S/C21H24O4/c1-3-16-5-9-18(10-6-16)14-24-20(22)13-21(23)25-15-19-11-7-17(4-2)8-12-19/h5-12H,3-4,13-15H2,1-2H3. The molecule has 0 aromatic heterocycles. The van der Waals surface area contributed by atoms with Gasteiger partial charge in [-0.2, -0.15) is 0 Å². The van der Waals surface area contributed by atoms with Crippen molar-refractivity contribution in [1.29, 1.82) is 0 Å². The van der Waals surface area contributed by atoms with Gasteiger partial charge < -0.3 is 9.47 Å². The van der Waals surface area contributed by atoms with Crippen LogP contribution in [-0.4, -0.2) is 11.9 Å². The lowest BCUT2D eigenvalue weighted by atomic mass is 10.1. The largest absolute Gasteiger partial charge is 0.460 e. The van der Waals surface area contributed by atoms with Gasteiger partial charge in [-0.05, 0) is 35.1 Å². The molecule has 0 atom stereocenters. The average Bonchev–Trinajstić information content (AvgIpc) is 2.65. The number of rotatable bonds is 8. The molecule has 0 saturated heterocycles. The zero-order valence-corrected chi connectivity index (χ0v) is 14.8. The van der Waals surface area contributed by atoms with Crippen LogP contribution < -0.4 is 0 Å². The summed E-state index contributed by atoms with van der Waals surface area (Å²) in [5.74, 6) is -1.16. The second kappa shape index (κ2) is 9.62. The van der Waals surface area contributed by atoms with Crippen LogP contribution in [0.15, 0.2) is 48.5 Å². The monoisotopic (exact) mass is 340 g/mol. The van der Waals surface area contributed by atoms with Gasteiger partial charge in [0.05, 0.1) is 0 Å². The molecule has 25 heavy (non-hydrogen) atoms. The Balaban J connectivity index is 1.70. The third-order valence-corrected chi connectivity index (χ3v) is 3.95. The molecule has 4 heteroatoms. The van der Waals surface area contributed by atoms with Crippen LogP contribution in [0.25, 0.3) is 0 Å². The van der Waals surface area contributed by atoms with Crippen LogP contribution in [0.2, 0.25) is 0 Å². The molecule has 0 amide bonds. The van der Waals surface area contributed by atoms with Gasteiger partial charge in [0.25, 0.3) is 0 Å². The van der Waals surface area contributed by atoms with Gasteiger partial charge in [0.2, 0.25) is 0 Å². The molecule has 0 aliphatic rings. The van der Waals surface area contributed by atoms with Crippen molar-refractivity contribution >= 4 is 11.9 Å². The molecule has 0 spiro atoms. The molecule has 0 heterocycles. The van der Waals surface area contributed by atoms with E-state index in [2.05, 4.69) is 13.8 Å². The molecule has 0 radical (unpaired) electrons. The molecule has 0 fully saturated rings. The number of esters is 2. The summed E-state index contributed by atoms with van der Waals surface area (Å²) in [6.07, 6.45) is 1.56. The van der Waals surface area contributed by atoms with Gasteiger partial charge in [0.15, 0.2) is 0 Å². The van der Waals surface area contributed by atoms with Crippen LogP contribution in [0.4, 0.5) is 0 Å². The number of hydrogen-bond donors (Lipinski definition) is 0. The summed E-state index contributed by atoms with van der Waals surface area (Å²) in [4.78, 5) is 23.4. The van der Waals surface area contributed by atoms with Gasteiger partial charge >= 0.3 is 11.9 Å². The number of benzene rings is 2. The van der Waals surface area contributed by atoms with E-state index in [1.807, 2.05) is 48.5 Å². The molecule has 4 nitrogen and oxygen atoms in total. The van der Waals surface area contributed by atoms with Crippen molar-refractivity contribution in [3.05, 3.63) is 70.8 Å². The van der Waals surface area contributed by atoms with Crippen molar-refractivity contribution < 1.29 is 19.1 Å². The summed E-state index contributed by atoms with van der Waals surface area (Å²) in [7, 11) is 0. The number of hydrogen-bond acceptors (Lipinski definition) is 4. The first-order valence-electron chi connectivity index (χ1n) is 8.57. The zero-order chi connectivity index (χ0) is 18.1. The molecular formula is C21H24O4. The summed E-state index contributed by atoms with van der Waals surface area (Å²) in [6, 6.07) is 15.7. The Bertz CT molecular complexity index is 625. The van der Waals surface area contributed by atoms with Crippen molar-refractivity contribution in [3.63, 3.8) is 0 Å². The highest BCUT2D eigenvalue weighted by atomic mass is 16.6. The average molecular weight is 340 g/mol. The first kappa shape index (κ1) is 18.7. The minimum Gasteiger partial charge on any atom is -0.460 e. The fraction of sp³-hybridized carbons (Fsp3) is 0.333. The number of ether oxygens (including phenoxy) is 2. The van der Waals surface area contributed by atoms with Crippen molar-refractivity contribution in [2.45, 2.75) is 46.3 Å². The molecular weight excluding hydrogens is 316 g/mol. The van der Waals surface area contributed by atoms with E-state index in [1.54, 1.807) is 0 Å². The summed E-state index contributed by atoms with van der Waals surface area (Å²) in [5.41, 5.74) is 4.25. The van der Waals surface area contributed by atoms with Gasteiger partial charge in [0, 0.05) is 0 Å². The minimum absolute atomic E-state index is 0.161. The maximum atomic E-state index is 11.7. The Morgan fingerprint density at radius 2 is 0.960 bits per heavy atom. The zero-order valence-electron chi connectivity index (χ0n) is 14.8. The van der Waals surface area contributed by atoms with Crippen LogP contribution in [0.5, 0.6) is 0 Å². The highest BCUT2D eigenvalue weighted by Crippen LogP contribution is 2.09. The molecule has 0 saturated carbocycles. The smallest absolute Gasteiger partial charge is 0.317 e. The normalized spacial score (nSPS) is 10.3. The number of aryl methyl sites for hydroxylation is 2. The Hall–Kier alpha value is -2.62. The van der Waals surface area contributed by atoms with Gasteiger partial charge in [0.1, 0.15) is 19.6 Å². The van der Waals surface area contributed by atoms with Crippen LogP contribution >= 0.6 is 0 Å². The lowest BCUT2D eigenvalue weighted by Gasteiger charge is -2.07. The van der Waals surface area contributed by atoms with Crippen LogP contribution in [0, 0.1) is 0 Å². The molecule has 0 aliphatic heterocycles. The molecule has 0 bridgehead atoms. The molecule has 0 unspecified atom stereocenters. The molecule has 0 N–H and O–H groups in total. The van der Waals surface area contributed by atoms with E-state index in [1.165, 1.54) is 11.1 Å². The summed E-state index contributed by atoms with van der Waals surface area (Å²) >= 11 is 0. The third-order valence-electron chi connectivity index (χ3n) is 3.95. The van der Waals surface area contributed by atoms with E-state index in [9.17, 15) is 9.59 Å². The molecule has 132 valence electrons. The molecule has 2 aromatic carbocycles. The summed E-state index contributed by atoms with van der Waals surface area (Å²) in [6.45, 7) is 4.49. The second-order valence-electron chi connectivity index (χ2n) is 5.84. The van der Waals surface area contributed by atoms with Gasteiger partial charge in [-0.3, -0.25) is 9.59 Å². The summed E-state index contributed by atoms with van der Waals surface area (Å²) < 4.78 is 10.2. The van der Waals surface area contributed by atoms with Gasteiger partial charge in [-0.15, -0.1) is 0 Å². The lowest BCUT2D eigenvalue weighted by molar-refractivity contribution is -0.156. The van der Waals surface area contributed by atoms with Crippen LogP contribution in [-0.2, 0) is 45.1 Å². The first-order valence-corrected chi connectivity index (χ1v) is 8.57. The van der Waals surface area contributed by atoms with Crippen LogP contribution in [0.1, 0.15) is 42.5 Å². The van der Waals surface area contributed by atoms with Gasteiger partial charge in [-0.25, -0.2) is 0 Å². The lowest BCUT2D eigenvalue weighted by Crippen LogP contribution is -2.13. The maximum absolute atomic E-state index is 11.7. The Morgan fingerprint density at radius 3 is 1.28 bits per heavy atom. The SMILES string of the molecule is CCc1ccc(COC(=O)CC(=O)OCc2ccc(CC)cc2)cc1. The second-order valence-corrected chi connectivity index (χ2v) is 5.84. The van der Waals surface area contributed by atoms with Crippen molar-refractivity contribution in [1.82, 2.24) is 0 Å². The topological polar surface area (TPSA) is 52.6 Å².